The second-order valence-corrected chi connectivity index (χ2v) is 8.75. The second kappa shape index (κ2) is 5.75. The van der Waals surface area contributed by atoms with Crippen molar-refractivity contribution in [3.63, 3.8) is 0 Å². The highest BCUT2D eigenvalue weighted by Crippen LogP contribution is 2.74. The lowest BCUT2D eigenvalue weighted by Crippen LogP contribution is -2.59. The molecule has 2 saturated carbocycles. The maximum absolute atomic E-state index is 12.9. The van der Waals surface area contributed by atoms with Crippen molar-refractivity contribution in [2.45, 2.75) is 83.5 Å². The summed E-state index contributed by atoms with van der Waals surface area (Å²) in [5.41, 5.74) is -2.06. The minimum atomic E-state index is -0.713. The molecule has 0 radical (unpaired) electrons. The Bertz CT molecular complexity index is 613. The molecule has 4 nitrogen and oxygen atoms in total. The molecule has 140 valence electrons. The van der Waals surface area contributed by atoms with E-state index in [2.05, 4.69) is 20.4 Å². The lowest BCUT2D eigenvalue weighted by Gasteiger charge is -2.49. The summed E-state index contributed by atoms with van der Waals surface area (Å²) < 4.78 is 12.2. The number of hydrogen-bond donors (Lipinski definition) is 0. The van der Waals surface area contributed by atoms with Crippen LogP contribution in [-0.4, -0.2) is 36.0 Å². The van der Waals surface area contributed by atoms with Gasteiger partial charge >= 0.3 is 0 Å². The van der Waals surface area contributed by atoms with Crippen LogP contribution < -0.4 is 0 Å². The van der Waals surface area contributed by atoms with Gasteiger partial charge in [-0.1, -0.05) is 26.8 Å². The summed E-state index contributed by atoms with van der Waals surface area (Å²) in [6.07, 6.45) is 5.94. The van der Waals surface area contributed by atoms with E-state index >= 15 is 0 Å². The number of epoxide rings is 1. The third-order valence-electron chi connectivity index (χ3n) is 7.83. The van der Waals surface area contributed by atoms with E-state index in [1.807, 2.05) is 13.8 Å². The van der Waals surface area contributed by atoms with Crippen LogP contribution in [0.25, 0.3) is 0 Å². The zero-order valence-corrected chi connectivity index (χ0v) is 16.3. The van der Waals surface area contributed by atoms with Crippen molar-refractivity contribution >= 4 is 11.6 Å². The van der Waals surface area contributed by atoms with E-state index in [1.54, 1.807) is 13.2 Å². The predicted octanol–water partition coefficient (Wildman–Crippen LogP) is 3.87. The van der Waals surface area contributed by atoms with Gasteiger partial charge in [-0.05, 0) is 38.5 Å². The summed E-state index contributed by atoms with van der Waals surface area (Å²) in [7, 11) is 1.69. The van der Waals surface area contributed by atoms with Gasteiger partial charge in [-0.2, -0.15) is 0 Å². The maximum Gasteiger partial charge on any atom is 0.168 e. The fourth-order valence-corrected chi connectivity index (χ4v) is 5.83. The van der Waals surface area contributed by atoms with Crippen LogP contribution in [0, 0.1) is 16.7 Å². The normalized spacial score (nSPS) is 42.9. The van der Waals surface area contributed by atoms with Crippen LogP contribution in [0.3, 0.4) is 0 Å². The average molecular weight is 348 g/mol. The van der Waals surface area contributed by atoms with Gasteiger partial charge in [0.15, 0.2) is 11.4 Å². The number of ether oxygens (including phenoxy) is 2. The van der Waals surface area contributed by atoms with Crippen molar-refractivity contribution in [1.29, 1.82) is 0 Å². The summed E-state index contributed by atoms with van der Waals surface area (Å²) in [5, 5.41) is 0. The molecule has 0 aromatic rings. The van der Waals surface area contributed by atoms with Crippen LogP contribution in [0.5, 0.6) is 0 Å². The van der Waals surface area contributed by atoms with Gasteiger partial charge in [0.2, 0.25) is 0 Å². The number of Topliss-reactive ketones (excluding diaryl/α,β-unsaturated/α-hetero) is 2. The fraction of sp³-hybridized carbons (Fsp3) is 0.810. The van der Waals surface area contributed by atoms with E-state index in [0.717, 1.165) is 19.3 Å². The lowest BCUT2D eigenvalue weighted by molar-refractivity contribution is -0.145. The molecule has 2 aliphatic carbocycles. The first kappa shape index (κ1) is 18.8. The monoisotopic (exact) mass is 348 g/mol. The van der Waals surface area contributed by atoms with E-state index < -0.39 is 16.4 Å². The van der Waals surface area contributed by atoms with Crippen molar-refractivity contribution < 1.29 is 19.1 Å². The Hall–Kier alpha value is -1.00. The van der Waals surface area contributed by atoms with Crippen LogP contribution in [0.15, 0.2) is 12.7 Å². The highest BCUT2D eigenvalue weighted by Gasteiger charge is 2.86. The standard InChI is InChI=1S/C21H32O4/c1-7-15(22)18(4,8-2)13-17(24-6)19(5)14(3)9-11-20-12-10-16(23)21(19,20)25-20/h8,14,17H,2,7,9-13H2,1,3-6H3/t14-,17-,18-,19+,20+,21-/m1/s1. The number of ketones is 2. The SMILES string of the molecule is C=C[C@](C)(C[C@@H](OC)[C@]1(C)[C@H](C)CC[C@]23CCC(=O)[C@]21O3)C(=O)CC. The average Bonchev–Trinajstić information content (AvgIpc) is 3.24. The van der Waals surface area contributed by atoms with Gasteiger partial charge < -0.3 is 9.47 Å². The van der Waals surface area contributed by atoms with E-state index in [-0.39, 0.29) is 23.3 Å². The number of methoxy groups -OCH3 is 1. The zero-order chi connectivity index (χ0) is 18.7. The number of carbonyl (C=O) groups is 2. The summed E-state index contributed by atoms with van der Waals surface area (Å²) >= 11 is 0. The molecule has 1 aliphatic heterocycles. The van der Waals surface area contributed by atoms with E-state index in [4.69, 9.17) is 9.47 Å². The Morgan fingerprint density at radius 2 is 2.20 bits per heavy atom. The first-order chi connectivity index (χ1) is 11.7. The van der Waals surface area contributed by atoms with Gasteiger partial charge in [0.1, 0.15) is 11.4 Å². The summed E-state index contributed by atoms with van der Waals surface area (Å²) in [5.74, 6) is 0.682. The largest absolute Gasteiger partial charge is 0.381 e. The highest BCUT2D eigenvalue weighted by molar-refractivity contribution is 5.96. The smallest absolute Gasteiger partial charge is 0.168 e. The van der Waals surface area contributed by atoms with Gasteiger partial charge in [-0.15, -0.1) is 6.58 Å². The van der Waals surface area contributed by atoms with Crippen molar-refractivity contribution in [1.82, 2.24) is 0 Å². The third-order valence-corrected chi connectivity index (χ3v) is 7.83. The van der Waals surface area contributed by atoms with Crippen LogP contribution in [0.4, 0.5) is 0 Å². The molecule has 1 heterocycles. The molecule has 6 atom stereocenters. The maximum atomic E-state index is 12.9. The molecular weight excluding hydrogens is 316 g/mol. The number of rotatable bonds is 7. The highest BCUT2D eigenvalue weighted by atomic mass is 16.6. The molecule has 3 fully saturated rings. The molecule has 4 heteroatoms. The predicted molar refractivity (Wildman–Crippen MR) is 96.3 cm³/mol. The molecular formula is C21H32O4. The van der Waals surface area contributed by atoms with Crippen molar-refractivity contribution in [2.75, 3.05) is 7.11 Å². The quantitative estimate of drug-likeness (QED) is 0.518. The molecule has 0 spiro atoms. The Kier molecular flexibility index (Phi) is 4.32. The van der Waals surface area contributed by atoms with Crippen LogP contribution in [0.1, 0.15) is 66.2 Å². The van der Waals surface area contributed by atoms with Crippen molar-refractivity contribution in [3.8, 4) is 0 Å². The fourth-order valence-electron chi connectivity index (χ4n) is 5.83. The molecule has 0 amide bonds. The lowest BCUT2D eigenvalue weighted by atomic mass is 9.54. The van der Waals surface area contributed by atoms with Crippen LogP contribution in [-0.2, 0) is 19.1 Å². The molecule has 1 saturated heterocycles. The van der Waals surface area contributed by atoms with Gasteiger partial charge in [0.25, 0.3) is 0 Å². The molecule has 0 N–H and O–H groups in total. The van der Waals surface area contributed by atoms with Crippen molar-refractivity contribution in [3.05, 3.63) is 12.7 Å². The molecule has 0 bridgehead atoms. The van der Waals surface area contributed by atoms with Gasteiger partial charge in [-0.3, -0.25) is 9.59 Å². The van der Waals surface area contributed by atoms with E-state index in [0.29, 0.717) is 25.2 Å². The molecule has 25 heavy (non-hydrogen) atoms. The topological polar surface area (TPSA) is 55.9 Å². The van der Waals surface area contributed by atoms with Crippen LogP contribution in [0.2, 0.25) is 0 Å². The number of carbonyl (C=O) groups excluding carboxylic acids is 2. The Balaban J connectivity index is 2.00. The Morgan fingerprint density at radius 1 is 1.52 bits per heavy atom. The summed E-state index contributed by atoms with van der Waals surface area (Å²) in [4.78, 5) is 25.4. The minimum Gasteiger partial charge on any atom is -0.381 e. The number of allylic oxidation sites excluding steroid dienone is 1. The molecule has 0 aromatic heterocycles. The van der Waals surface area contributed by atoms with Gasteiger partial charge in [0, 0.05) is 30.8 Å². The summed E-state index contributed by atoms with van der Waals surface area (Å²) in [6, 6.07) is 0. The zero-order valence-electron chi connectivity index (χ0n) is 16.3. The third kappa shape index (κ3) is 2.13. The van der Waals surface area contributed by atoms with Crippen LogP contribution >= 0.6 is 0 Å². The molecule has 3 aliphatic rings. The summed E-state index contributed by atoms with van der Waals surface area (Å²) in [6.45, 7) is 12.1. The number of hydrogen-bond acceptors (Lipinski definition) is 4. The minimum absolute atomic E-state index is 0.162. The van der Waals surface area contributed by atoms with Gasteiger partial charge in [-0.25, -0.2) is 0 Å². The molecule has 0 aromatic carbocycles. The first-order valence-corrected chi connectivity index (χ1v) is 9.60. The second-order valence-electron chi connectivity index (χ2n) is 8.75. The van der Waals surface area contributed by atoms with E-state index in [1.165, 1.54) is 0 Å². The Labute approximate surface area is 151 Å². The molecule has 0 unspecified atom stereocenters. The van der Waals surface area contributed by atoms with Crippen molar-refractivity contribution in [2.24, 2.45) is 16.7 Å². The van der Waals surface area contributed by atoms with Gasteiger partial charge in [0.05, 0.1) is 6.10 Å². The Morgan fingerprint density at radius 3 is 2.76 bits per heavy atom. The first-order valence-electron chi connectivity index (χ1n) is 9.60. The molecule has 3 rings (SSSR count). The van der Waals surface area contributed by atoms with E-state index in [9.17, 15) is 9.59 Å².